The predicted octanol–water partition coefficient (Wildman–Crippen LogP) is 3.78. The van der Waals surface area contributed by atoms with Gasteiger partial charge in [0.1, 0.15) is 4.92 Å². The van der Waals surface area contributed by atoms with Crippen LogP contribution in [0, 0.1) is 10.1 Å². The van der Waals surface area contributed by atoms with E-state index in [1.807, 2.05) is 6.07 Å². The summed E-state index contributed by atoms with van der Waals surface area (Å²) in [5, 5.41) is 11.2. The van der Waals surface area contributed by atoms with Crippen LogP contribution in [0.15, 0.2) is 52.4 Å². The van der Waals surface area contributed by atoms with Crippen molar-refractivity contribution in [2.24, 2.45) is 4.99 Å². The molecular formula is C15H10ClN3O4S. The molecule has 0 saturated heterocycles. The summed E-state index contributed by atoms with van der Waals surface area (Å²) in [6, 6.07) is 7.76. The Kier molecular flexibility index (Phi) is 4.32. The van der Waals surface area contributed by atoms with E-state index >= 15 is 0 Å². The fourth-order valence-corrected chi connectivity index (χ4v) is 3.55. The van der Waals surface area contributed by atoms with Crippen LogP contribution in [0.3, 0.4) is 0 Å². The molecule has 0 aliphatic carbocycles. The average molecular weight is 364 g/mol. The number of hydrogen-bond acceptors (Lipinski definition) is 5. The van der Waals surface area contributed by atoms with E-state index in [4.69, 9.17) is 16.0 Å². The quantitative estimate of drug-likeness (QED) is 0.400. The highest BCUT2D eigenvalue weighted by Crippen LogP contribution is 2.25. The Hall–Kier alpha value is -2.71. The van der Waals surface area contributed by atoms with E-state index in [0.29, 0.717) is 16.4 Å². The molecule has 0 saturated carbocycles. The zero-order valence-corrected chi connectivity index (χ0v) is 13.7. The molecule has 0 radical (unpaired) electrons. The van der Waals surface area contributed by atoms with Crippen LogP contribution < -0.4 is 4.80 Å². The van der Waals surface area contributed by atoms with Crippen LogP contribution in [-0.2, 0) is 6.54 Å². The first-order chi connectivity index (χ1) is 11.5. The number of carbonyl (C=O) groups is 1. The Balaban J connectivity index is 2.13. The molecule has 0 aliphatic heterocycles. The van der Waals surface area contributed by atoms with Crippen molar-refractivity contribution in [3.05, 3.63) is 68.7 Å². The van der Waals surface area contributed by atoms with E-state index in [-0.39, 0.29) is 5.76 Å². The van der Waals surface area contributed by atoms with Crippen LogP contribution in [-0.4, -0.2) is 15.4 Å². The molecule has 0 bridgehead atoms. The summed E-state index contributed by atoms with van der Waals surface area (Å²) < 4.78 is 7.50. The summed E-state index contributed by atoms with van der Waals surface area (Å²) in [6.45, 7) is 4.10. The van der Waals surface area contributed by atoms with Crippen molar-refractivity contribution in [3.8, 4) is 0 Å². The van der Waals surface area contributed by atoms with Gasteiger partial charge in [0.05, 0.1) is 21.3 Å². The number of halogens is 1. The molecule has 0 unspecified atom stereocenters. The van der Waals surface area contributed by atoms with Crippen molar-refractivity contribution in [1.29, 1.82) is 0 Å². The first-order valence-electron chi connectivity index (χ1n) is 6.73. The van der Waals surface area contributed by atoms with Crippen LogP contribution in [0.5, 0.6) is 0 Å². The summed E-state index contributed by atoms with van der Waals surface area (Å²) in [6.07, 6.45) is 1.66. The molecule has 7 nitrogen and oxygen atoms in total. The van der Waals surface area contributed by atoms with E-state index in [1.165, 1.54) is 17.4 Å². The van der Waals surface area contributed by atoms with Crippen LogP contribution in [0.2, 0.25) is 5.02 Å². The Bertz CT molecular complexity index is 1030. The van der Waals surface area contributed by atoms with Gasteiger partial charge in [0.15, 0.2) is 4.80 Å². The van der Waals surface area contributed by atoms with Gasteiger partial charge in [0, 0.05) is 6.54 Å². The van der Waals surface area contributed by atoms with Gasteiger partial charge in [-0.15, -0.1) is 6.58 Å². The third kappa shape index (κ3) is 2.89. The Morgan fingerprint density at radius 2 is 2.25 bits per heavy atom. The van der Waals surface area contributed by atoms with Crippen molar-refractivity contribution in [2.75, 3.05) is 0 Å². The van der Waals surface area contributed by atoms with Gasteiger partial charge in [0.2, 0.25) is 5.76 Å². The normalized spacial score (nSPS) is 11.8. The monoisotopic (exact) mass is 363 g/mol. The second-order valence-corrected chi connectivity index (χ2v) is 6.10. The summed E-state index contributed by atoms with van der Waals surface area (Å²) in [5.41, 5.74) is 0.751. The first-order valence-corrected chi connectivity index (χ1v) is 7.92. The number of amides is 1. The molecule has 3 aromatic rings. The van der Waals surface area contributed by atoms with Crippen molar-refractivity contribution >= 4 is 44.9 Å². The van der Waals surface area contributed by atoms with E-state index < -0.39 is 16.7 Å². The summed E-state index contributed by atoms with van der Waals surface area (Å²) in [4.78, 5) is 26.6. The number of nitrogens with zero attached hydrogens (tertiary/aromatic N) is 3. The fraction of sp³-hybridized carbons (Fsp3) is 0.0667. The van der Waals surface area contributed by atoms with E-state index in [2.05, 4.69) is 11.6 Å². The highest BCUT2D eigenvalue weighted by Gasteiger charge is 2.17. The van der Waals surface area contributed by atoms with Crippen LogP contribution in [0.25, 0.3) is 10.2 Å². The number of thiazole rings is 1. The molecule has 0 spiro atoms. The minimum absolute atomic E-state index is 0.199. The molecule has 0 atom stereocenters. The Labute approximate surface area is 144 Å². The molecule has 2 aromatic heterocycles. The van der Waals surface area contributed by atoms with Gasteiger partial charge in [-0.1, -0.05) is 35.1 Å². The second-order valence-electron chi connectivity index (χ2n) is 4.68. The van der Waals surface area contributed by atoms with Gasteiger partial charge in [0.25, 0.3) is 0 Å². The van der Waals surface area contributed by atoms with E-state index in [0.717, 1.165) is 16.3 Å². The number of hydrogen-bond donors (Lipinski definition) is 0. The van der Waals surface area contributed by atoms with Gasteiger partial charge in [-0.3, -0.25) is 14.9 Å². The molecule has 1 amide bonds. The number of aromatic nitrogens is 1. The van der Waals surface area contributed by atoms with Crippen LogP contribution >= 0.6 is 22.9 Å². The predicted molar refractivity (Wildman–Crippen MR) is 90.3 cm³/mol. The van der Waals surface area contributed by atoms with Crippen molar-refractivity contribution in [2.45, 2.75) is 6.54 Å². The third-order valence-electron chi connectivity index (χ3n) is 3.14. The summed E-state index contributed by atoms with van der Waals surface area (Å²) in [5.74, 6) is -1.41. The molecular weight excluding hydrogens is 354 g/mol. The zero-order chi connectivity index (χ0) is 17.3. The number of benzene rings is 1. The molecule has 0 fully saturated rings. The van der Waals surface area contributed by atoms with Gasteiger partial charge < -0.3 is 8.98 Å². The first kappa shape index (κ1) is 16.2. The lowest BCUT2D eigenvalue weighted by molar-refractivity contribution is -0.402. The Morgan fingerprint density at radius 1 is 1.46 bits per heavy atom. The van der Waals surface area contributed by atoms with Gasteiger partial charge >= 0.3 is 11.8 Å². The number of fused-ring (bicyclic) bond motifs is 1. The van der Waals surface area contributed by atoms with Gasteiger partial charge in [-0.05, 0) is 18.2 Å². The van der Waals surface area contributed by atoms with Crippen molar-refractivity contribution in [1.82, 2.24) is 4.57 Å². The maximum absolute atomic E-state index is 12.2. The molecule has 3 rings (SSSR count). The van der Waals surface area contributed by atoms with E-state index in [1.54, 1.807) is 22.8 Å². The number of nitro groups is 1. The average Bonchev–Trinajstić information content (AvgIpc) is 3.14. The lowest BCUT2D eigenvalue weighted by Crippen LogP contribution is -2.16. The minimum atomic E-state index is -0.714. The Morgan fingerprint density at radius 3 is 2.92 bits per heavy atom. The zero-order valence-electron chi connectivity index (χ0n) is 12.1. The molecule has 1 aromatic carbocycles. The maximum atomic E-state index is 12.2. The lowest BCUT2D eigenvalue weighted by Gasteiger charge is -2.02. The standard InChI is InChI=1S/C15H10ClN3O4S/c1-2-8-18-13-9(16)4-3-5-11(13)24-15(18)17-14(20)10-6-7-12(23-10)19(21)22/h2-7H,1,8H2. The number of para-hydroxylation sites is 1. The molecule has 9 heteroatoms. The summed E-state index contributed by atoms with van der Waals surface area (Å²) >= 11 is 7.52. The largest absolute Gasteiger partial charge is 0.433 e. The molecule has 2 heterocycles. The molecule has 24 heavy (non-hydrogen) atoms. The highest BCUT2D eigenvalue weighted by molar-refractivity contribution is 7.16. The highest BCUT2D eigenvalue weighted by atomic mass is 35.5. The second kappa shape index (κ2) is 6.42. The lowest BCUT2D eigenvalue weighted by atomic mass is 10.3. The summed E-state index contributed by atoms with van der Waals surface area (Å²) in [7, 11) is 0. The number of furan rings is 1. The minimum Gasteiger partial charge on any atom is -0.395 e. The third-order valence-corrected chi connectivity index (χ3v) is 4.49. The van der Waals surface area contributed by atoms with Crippen LogP contribution in [0.1, 0.15) is 10.6 Å². The smallest absolute Gasteiger partial charge is 0.395 e. The number of carbonyl (C=O) groups excluding carboxylic acids is 1. The van der Waals surface area contributed by atoms with Crippen molar-refractivity contribution < 1.29 is 14.1 Å². The maximum Gasteiger partial charge on any atom is 0.433 e. The molecule has 0 aliphatic rings. The molecule has 122 valence electrons. The molecule has 0 N–H and O–H groups in total. The number of allylic oxidation sites excluding steroid dienone is 1. The fourth-order valence-electron chi connectivity index (χ4n) is 2.15. The SMILES string of the molecule is C=CCn1c(=NC(=O)c2ccc([N+](=O)[O-])o2)sc2cccc(Cl)c21. The van der Waals surface area contributed by atoms with E-state index in [9.17, 15) is 14.9 Å². The van der Waals surface area contributed by atoms with Gasteiger partial charge in [-0.2, -0.15) is 4.99 Å². The van der Waals surface area contributed by atoms with Crippen LogP contribution in [0.4, 0.5) is 5.88 Å². The van der Waals surface area contributed by atoms with Gasteiger partial charge in [-0.25, -0.2) is 0 Å². The topological polar surface area (TPSA) is 90.6 Å². The number of rotatable bonds is 4. The van der Waals surface area contributed by atoms with Crippen molar-refractivity contribution in [3.63, 3.8) is 0 Å².